The third-order valence-electron chi connectivity index (χ3n) is 12.3. The standard InChI is InChI=1S/C50H38N2O4P2/c1-49(2,3)27-19-23-29(24-20-27)51-31-11-7-13-33-43(31)57-45-35(53-33)15-10-18-38(45)56-42-40-48-41(39(51)47(42)57)55-37-17-9-16-36-46(37)58(48)44-32(12-8-14-34(44)54-36)52(40)30-25-21-28(22-26-30)50(4,5)6/h7-26H,1-6H3. The number of hydrogen-bond donors (Lipinski definition) is 0. The Morgan fingerprint density at radius 3 is 1.05 bits per heavy atom. The highest BCUT2D eigenvalue weighted by atomic mass is 31.1. The maximum Gasteiger partial charge on any atom is 0.166 e. The SMILES string of the molecule is CC(C)(C)c1ccc(-n2c3cccc4oc5cccc6oc7c8c9c(oc%10cccc%11oc%12cccc(c%12p9c%11%10)n8-c8ccc(C(C)(C)C)cc8)c2c7p(c56)c43)cc1. The number of rotatable bonds is 2. The van der Waals surface area contributed by atoms with Crippen LogP contribution in [0.4, 0.5) is 0 Å². The third kappa shape index (κ3) is 4.14. The normalized spacial score (nSPS) is 14.0. The number of benzene rings is 7. The Morgan fingerprint density at radius 1 is 0.362 bits per heavy atom. The smallest absolute Gasteiger partial charge is 0.166 e. The van der Waals surface area contributed by atoms with E-state index in [0.29, 0.717) is 0 Å². The minimum absolute atomic E-state index is 0.00919. The van der Waals surface area contributed by atoms with Crippen LogP contribution in [0.25, 0.3) is 109 Å². The van der Waals surface area contributed by atoms with Gasteiger partial charge in [0.05, 0.1) is 41.7 Å². The van der Waals surface area contributed by atoms with E-state index in [0.717, 1.165) is 98.6 Å². The van der Waals surface area contributed by atoms with Crippen LogP contribution in [-0.2, 0) is 10.8 Å². The molecule has 0 fully saturated rings. The first kappa shape index (κ1) is 33.0. The fraction of sp³-hybridized carbons (Fsp3) is 0.160. The van der Waals surface area contributed by atoms with Crippen molar-refractivity contribution in [3.8, 4) is 11.4 Å². The van der Waals surface area contributed by atoms with Gasteiger partial charge < -0.3 is 26.8 Å². The number of aromatic nitrogens is 2. The molecule has 6 nitrogen and oxygen atoms in total. The van der Waals surface area contributed by atoms with E-state index in [-0.39, 0.29) is 10.8 Å². The first-order valence-electron chi connectivity index (χ1n) is 19.9. The van der Waals surface area contributed by atoms with Crippen LogP contribution in [0, 0.1) is 0 Å². The van der Waals surface area contributed by atoms with Crippen molar-refractivity contribution >= 4 is 112 Å². The molecular formula is C50H38N2O4P2. The predicted octanol–water partition coefficient (Wildman–Crippen LogP) is 16.3. The van der Waals surface area contributed by atoms with Crippen LogP contribution < -0.4 is 0 Å². The van der Waals surface area contributed by atoms with E-state index < -0.39 is 14.7 Å². The van der Waals surface area contributed by atoms with E-state index in [9.17, 15) is 0 Å². The van der Waals surface area contributed by atoms with Gasteiger partial charge in [0.1, 0.15) is 44.5 Å². The van der Waals surface area contributed by atoms with E-state index in [2.05, 4.69) is 172 Å². The molecule has 8 heteroatoms. The van der Waals surface area contributed by atoms with Gasteiger partial charge in [-0.05, 0) is 94.8 Å². The van der Waals surface area contributed by atoms with Gasteiger partial charge in [-0.3, -0.25) is 0 Å². The average Bonchev–Trinajstić information content (AvgIpc) is 3.21. The highest BCUT2D eigenvalue weighted by molar-refractivity contribution is 7.65. The molecule has 0 amide bonds. The van der Waals surface area contributed by atoms with Crippen molar-refractivity contribution < 1.29 is 17.7 Å². The zero-order valence-electron chi connectivity index (χ0n) is 33.0. The van der Waals surface area contributed by atoms with Gasteiger partial charge in [0.2, 0.25) is 0 Å². The summed E-state index contributed by atoms with van der Waals surface area (Å²) in [6.07, 6.45) is 0. The molecule has 0 N–H and O–H groups in total. The van der Waals surface area contributed by atoms with E-state index in [1.54, 1.807) is 0 Å². The molecule has 7 aromatic carbocycles. The fourth-order valence-electron chi connectivity index (χ4n) is 9.57. The lowest BCUT2D eigenvalue weighted by molar-refractivity contribution is 0.590. The molecule has 58 heavy (non-hydrogen) atoms. The Morgan fingerprint density at radius 2 is 0.690 bits per heavy atom. The van der Waals surface area contributed by atoms with Crippen LogP contribution in [0.1, 0.15) is 52.7 Å². The summed E-state index contributed by atoms with van der Waals surface area (Å²) in [4.78, 5) is 0. The van der Waals surface area contributed by atoms with Crippen molar-refractivity contribution in [3.05, 3.63) is 132 Å². The molecule has 0 spiro atoms. The highest BCUT2D eigenvalue weighted by Crippen LogP contribution is 2.62. The van der Waals surface area contributed by atoms with Gasteiger partial charge in [-0.1, -0.05) is 105 Å². The zero-order valence-corrected chi connectivity index (χ0v) is 34.8. The Hall–Kier alpha value is -6.06. The lowest BCUT2D eigenvalue weighted by atomic mass is 9.87. The lowest BCUT2D eigenvalue weighted by Crippen LogP contribution is -2.11. The van der Waals surface area contributed by atoms with E-state index >= 15 is 0 Å². The molecule has 2 atom stereocenters. The van der Waals surface area contributed by atoms with Crippen LogP contribution in [0.3, 0.4) is 0 Å². The van der Waals surface area contributed by atoms with Gasteiger partial charge in [0, 0.05) is 11.4 Å². The first-order chi connectivity index (χ1) is 28.0. The summed E-state index contributed by atoms with van der Waals surface area (Å²) in [5.74, 6) is 0. The van der Waals surface area contributed by atoms with Gasteiger partial charge in [0.25, 0.3) is 0 Å². The summed E-state index contributed by atoms with van der Waals surface area (Å²) < 4.78 is 33.3. The van der Waals surface area contributed by atoms with Crippen molar-refractivity contribution in [3.63, 3.8) is 0 Å². The van der Waals surface area contributed by atoms with Crippen LogP contribution >= 0.6 is 14.7 Å². The maximum absolute atomic E-state index is 7.44. The molecule has 2 unspecified atom stereocenters. The molecule has 0 aliphatic carbocycles. The van der Waals surface area contributed by atoms with Crippen LogP contribution in [-0.4, -0.2) is 9.13 Å². The zero-order chi connectivity index (χ0) is 39.0. The average molecular weight is 793 g/mol. The summed E-state index contributed by atoms with van der Waals surface area (Å²) in [6.45, 7) is 13.6. The lowest BCUT2D eigenvalue weighted by Gasteiger charge is -2.27. The molecule has 282 valence electrons. The van der Waals surface area contributed by atoms with Gasteiger partial charge in [-0.15, -0.1) is 0 Å². The monoisotopic (exact) mass is 792 g/mol. The molecule has 0 saturated carbocycles. The van der Waals surface area contributed by atoms with Gasteiger partial charge >= 0.3 is 0 Å². The molecule has 6 heterocycles. The van der Waals surface area contributed by atoms with Crippen LogP contribution in [0.2, 0.25) is 0 Å². The Bertz CT molecular complexity index is 3600. The maximum atomic E-state index is 7.44. The first-order valence-corrected chi connectivity index (χ1v) is 22.6. The number of hydrogen-bond acceptors (Lipinski definition) is 4. The second-order valence-electron chi connectivity index (χ2n) is 17.8. The summed E-state index contributed by atoms with van der Waals surface area (Å²) in [6, 6.07) is 43.7. The molecule has 0 aliphatic heterocycles. The molecule has 6 aromatic heterocycles. The Balaban J connectivity index is 1.38. The minimum atomic E-state index is -1.13. The summed E-state index contributed by atoms with van der Waals surface area (Å²) in [5.41, 5.74) is 16.0. The van der Waals surface area contributed by atoms with Crippen molar-refractivity contribution in [2.24, 2.45) is 0 Å². The predicted molar refractivity (Wildman–Crippen MR) is 243 cm³/mol. The second-order valence-corrected chi connectivity index (χ2v) is 21.9. The largest absolute Gasteiger partial charge is 0.455 e. The molecule has 0 saturated heterocycles. The summed E-state index contributed by atoms with van der Waals surface area (Å²) in [7, 11) is -2.25. The second kappa shape index (κ2) is 10.9. The van der Waals surface area contributed by atoms with Crippen molar-refractivity contribution in [2.75, 3.05) is 0 Å². The molecular weight excluding hydrogens is 755 g/mol. The van der Waals surface area contributed by atoms with Crippen molar-refractivity contribution in [1.29, 1.82) is 0 Å². The summed E-state index contributed by atoms with van der Waals surface area (Å²) >= 11 is 0. The van der Waals surface area contributed by atoms with E-state index in [1.807, 2.05) is 0 Å². The van der Waals surface area contributed by atoms with Crippen LogP contribution in [0.15, 0.2) is 139 Å². The van der Waals surface area contributed by atoms with Crippen molar-refractivity contribution in [1.82, 2.24) is 9.13 Å². The van der Waals surface area contributed by atoms with Crippen molar-refractivity contribution in [2.45, 2.75) is 52.4 Å². The Labute approximate surface area is 333 Å². The van der Waals surface area contributed by atoms with Gasteiger partial charge in [-0.25, -0.2) is 0 Å². The number of fused-ring (bicyclic) bond motifs is 2. The Kier molecular flexibility index (Phi) is 6.20. The molecule has 13 rings (SSSR count). The van der Waals surface area contributed by atoms with E-state index in [1.165, 1.54) is 21.4 Å². The minimum Gasteiger partial charge on any atom is -0.455 e. The number of nitrogens with zero attached hydrogens (tertiary/aromatic N) is 2. The quantitative estimate of drug-likeness (QED) is 0.129. The highest BCUT2D eigenvalue weighted by Gasteiger charge is 2.32. The molecule has 0 aliphatic rings. The van der Waals surface area contributed by atoms with E-state index in [4.69, 9.17) is 17.7 Å². The fourth-order valence-corrected chi connectivity index (χ4v) is 15.3. The van der Waals surface area contributed by atoms with Gasteiger partial charge in [0.15, 0.2) is 11.2 Å². The van der Waals surface area contributed by atoms with Gasteiger partial charge in [-0.2, -0.15) is 0 Å². The topological polar surface area (TPSA) is 62.4 Å². The third-order valence-corrected chi connectivity index (χ3v) is 17.6. The molecule has 0 bridgehead atoms. The molecule has 0 radical (unpaired) electrons. The van der Waals surface area contributed by atoms with Crippen LogP contribution in [0.5, 0.6) is 0 Å². The summed E-state index contributed by atoms with van der Waals surface area (Å²) in [5, 5.41) is 6.97. The molecule has 13 aromatic rings.